The highest BCUT2D eigenvalue weighted by Crippen LogP contribution is 2.23. The van der Waals surface area contributed by atoms with Gasteiger partial charge in [-0.3, -0.25) is 5.84 Å². The lowest BCUT2D eigenvalue weighted by Gasteiger charge is -2.03. The number of anilines is 1. The summed E-state index contributed by atoms with van der Waals surface area (Å²) in [6.45, 7) is 1.93. The largest absolute Gasteiger partial charge is 0.323 e. The standard InChI is InChI=1S/C7H9ClN2.ClH/c1-5-3-2-4-6(10-9)7(5)8;/h2-4,10H,9H2,1H3;1H. The van der Waals surface area contributed by atoms with E-state index in [0.717, 1.165) is 11.3 Å². The van der Waals surface area contributed by atoms with E-state index in [2.05, 4.69) is 5.43 Å². The molecular weight excluding hydrogens is 183 g/mol. The highest BCUT2D eigenvalue weighted by molar-refractivity contribution is 6.33. The molecule has 1 aromatic carbocycles. The van der Waals surface area contributed by atoms with Crippen molar-refractivity contribution in [3.63, 3.8) is 0 Å². The summed E-state index contributed by atoms with van der Waals surface area (Å²) < 4.78 is 0. The van der Waals surface area contributed by atoms with Crippen molar-refractivity contribution < 1.29 is 0 Å². The van der Waals surface area contributed by atoms with E-state index in [-0.39, 0.29) is 12.4 Å². The molecule has 0 bridgehead atoms. The molecule has 0 aliphatic carbocycles. The third kappa shape index (κ3) is 2.26. The van der Waals surface area contributed by atoms with Crippen LogP contribution in [0.3, 0.4) is 0 Å². The average Bonchev–Trinajstić information content (AvgIpc) is 1.95. The van der Waals surface area contributed by atoms with Crippen molar-refractivity contribution in [3.05, 3.63) is 28.8 Å². The maximum Gasteiger partial charge on any atom is 0.0679 e. The first kappa shape index (κ1) is 10.6. The van der Waals surface area contributed by atoms with Crippen LogP contribution in [0.2, 0.25) is 5.02 Å². The molecule has 0 fully saturated rings. The number of hydrazine groups is 1. The summed E-state index contributed by atoms with van der Waals surface area (Å²) in [5.41, 5.74) is 4.29. The molecule has 11 heavy (non-hydrogen) atoms. The Kier molecular flexibility index (Phi) is 4.26. The molecule has 0 amide bonds. The first-order chi connectivity index (χ1) is 4.75. The number of benzene rings is 1. The van der Waals surface area contributed by atoms with Crippen molar-refractivity contribution in [1.29, 1.82) is 0 Å². The van der Waals surface area contributed by atoms with Crippen LogP contribution in [0.15, 0.2) is 18.2 Å². The Labute approximate surface area is 77.1 Å². The molecule has 0 heterocycles. The van der Waals surface area contributed by atoms with Crippen LogP contribution in [0.25, 0.3) is 0 Å². The van der Waals surface area contributed by atoms with Crippen LogP contribution in [0, 0.1) is 6.92 Å². The maximum atomic E-state index is 5.85. The molecule has 3 N–H and O–H groups in total. The molecule has 0 atom stereocenters. The zero-order valence-electron chi connectivity index (χ0n) is 6.10. The summed E-state index contributed by atoms with van der Waals surface area (Å²) in [5, 5.41) is 0.685. The molecule has 0 radical (unpaired) electrons. The molecule has 62 valence electrons. The molecule has 4 heteroatoms. The summed E-state index contributed by atoms with van der Waals surface area (Å²) in [4.78, 5) is 0. The summed E-state index contributed by atoms with van der Waals surface area (Å²) in [6, 6.07) is 5.66. The minimum atomic E-state index is 0. The number of nitrogens with one attached hydrogen (secondary N) is 1. The summed E-state index contributed by atoms with van der Waals surface area (Å²) in [5.74, 6) is 5.19. The van der Waals surface area contributed by atoms with Crippen molar-refractivity contribution in [2.24, 2.45) is 5.84 Å². The number of rotatable bonds is 1. The molecule has 0 aromatic heterocycles. The Morgan fingerprint density at radius 1 is 1.45 bits per heavy atom. The number of halogens is 2. The van der Waals surface area contributed by atoms with Gasteiger partial charge in [-0.2, -0.15) is 0 Å². The minimum Gasteiger partial charge on any atom is -0.323 e. The quantitative estimate of drug-likeness (QED) is 0.530. The molecular formula is C7H10Cl2N2. The van der Waals surface area contributed by atoms with Crippen molar-refractivity contribution in [3.8, 4) is 0 Å². The average molecular weight is 193 g/mol. The lowest BCUT2D eigenvalue weighted by atomic mass is 10.2. The summed E-state index contributed by atoms with van der Waals surface area (Å²) in [7, 11) is 0. The van der Waals surface area contributed by atoms with Crippen molar-refractivity contribution in [1.82, 2.24) is 0 Å². The molecule has 0 spiro atoms. The van der Waals surface area contributed by atoms with Crippen LogP contribution in [0.1, 0.15) is 5.56 Å². The minimum absolute atomic E-state index is 0. The second kappa shape index (κ2) is 4.44. The Bertz CT molecular complexity index is 238. The van der Waals surface area contributed by atoms with Gasteiger partial charge in [-0.1, -0.05) is 23.7 Å². The van der Waals surface area contributed by atoms with E-state index < -0.39 is 0 Å². The van der Waals surface area contributed by atoms with Crippen LogP contribution in [-0.2, 0) is 0 Å². The highest BCUT2D eigenvalue weighted by Gasteiger charge is 1.98. The SMILES string of the molecule is Cc1cccc(NN)c1Cl.Cl. The predicted molar refractivity (Wildman–Crippen MR) is 51.2 cm³/mol. The lowest BCUT2D eigenvalue weighted by Crippen LogP contribution is -2.07. The lowest BCUT2D eigenvalue weighted by molar-refractivity contribution is 1.33. The van der Waals surface area contributed by atoms with Gasteiger partial charge < -0.3 is 5.43 Å². The van der Waals surface area contributed by atoms with Crippen molar-refractivity contribution in [2.45, 2.75) is 6.92 Å². The van der Waals surface area contributed by atoms with Crippen LogP contribution < -0.4 is 11.3 Å². The van der Waals surface area contributed by atoms with Gasteiger partial charge in [0.1, 0.15) is 0 Å². The zero-order chi connectivity index (χ0) is 7.56. The normalized spacial score (nSPS) is 8.64. The predicted octanol–water partition coefficient (Wildman–Crippen LogP) is 2.36. The van der Waals surface area contributed by atoms with Gasteiger partial charge in [-0.05, 0) is 18.6 Å². The van der Waals surface area contributed by atoms with E-state index in [1.807, 2.05) is 25.1 Å². The molecule has 0 aliphatic rings. The Morgan fingerprint density at radius 2 is 2.09 bits per heavy atom. The molecule has 2 nitrogen and oxygen atoms in total. The fourth-order valence-corrected chi connectivity index (χ4v) is 0.939. The zero-order valence-corrected chi connectivity index (χ0v) is 7.67. The third-order valence-corrected chi connectivity index (χ3v) is 1.85. The first-order valence-corrected chi connectivity index (χ1v) is 3.35. The Hall–Kier alpha value is -0.440. The van der Waals surface area contributed by atoms with Crippen LogP contribution in [0.4, 0.5) is 5.69 Å². The van der Waals surface area contributed by atoms with E-state index in [1.54, 1.807) is 0 Å². The smallest absolute Gasteiger partial charge is 0.0679 e. The van der Waals surface area contributed by atoms with Crippen LogP contribution >= 0.6 is 24.0 Å². The highest BCUT2D eigenvalue weighted by atomic mass is 35.5. The van der Waals surface area contributed by atoms with E-state index in [4.69, 9.17) is 17.4 Å². The second-order valence-corrected chi connectivity index (χ2v) is 2.46. The number of aryl methyl sites for hydroxylation is 1. The van der Waals surface area contributed by atoms with E-state index in [9.17, 15) is 0 Å². The van der Waals surface area contributed by atoms with Gasteiger partial charge >= 0.3 is 0 Å². The summed E-state index contributed by atoms with van der Waals surface area (Å²) >= 11 is 5.85. The van der Waals surface area contributed by atoms with Gasteiger partial charge in [0, 0.05) is 0 Å². The fourth-order valence-electron chi connectivity index (χ4n) is 0.759. The number of hydrogen-bond acceptors (Lipinski definition) is 2. The fraction of sp³-hybridized carbons (Fsp3) is 0.143. The van der Waals surface area contributed by atoms with E-state index in [0.29, 0.717) is 5.02 Å². The molecule has 1 aromatic rings. The molecule has 1 rings (SSSR count). The van der Waals surface area contributed by atoms with Gasteiger partial charge in [0.15, 0.2) is 0 Å². The molecule has 0 unspecified atom stereocenters. The molecule has 0 aliphatic heterocycles. The van der Waals surface area contributed by atoms with Gasteiger partial charge in [-0.25, -0.2) is 0 Å². The topological polar surface area (TPSA) is 38.0 Å². The third-order valence-electron chi connectivity index (χ3n) is 1.35. The van der Waals surface area contributed by atoms with Crippen LogP contribution in [-0.4, -0.2) is 0 Å². The van der Waals surface area contributed by atoms with Gasteiger partial charge in [0.05, 0.1) is 10.7 Å². The maximum absolute atomic E-state index is 5.85. The van der Waals surface area contributed by atoms with Gasteiger partial charge in [0.25, 0.3) is 0 Å². The van der Waals surface area contributed by atoms with E-state index in [1.165, 1.54) is 0 Å². The number of nitrogens with two attached hydrogens (primary N) is 1. The Balaban J connectivity index is 0.000001000. The van der Waals surface area contributed by atoms with Crippen molar-refractivity contribution in [2.75, 3.05) is 5.43 Å². The second-order valence-electron chi connectivity index (χ2n) is 2.08. The molecule has 0 saturated carbocycles. The van der Waals surface area contributed by atoms with Gasteiger partial charge in [-0.15, -0.1) is 12.4 Å². The Morgan fingerprint density at radius 3 is 2.55 bits per heavy atom. The first-order valence-electron chi connectivity index (χ1n) is 2.97. The summed E-state index contributed by atoms with van der Waals surface area (Å²) in [6.07, 6.45) is 0. The molecule has 0 saturated heterocycles. The van der Waals surface area contributed by atoms with Gasteiger partial charge in [0.2, 0.25) is 0 Å². The van der Waals surface area contributed by atoms with E-state index >= 15 is 0 Å². The number of nitrogen functional groups attached to an aromatic ring is 1. The monoisotopic (exact) mass is 192 g/mol. The van der Waals surface area contributed by atoms with Crippen molar-refractivity contribution >= 4 is 29.7 Å². The van der Waals surface area contributed by atoms with Crippen LogP contribution in [0.5, 0.6) is 0 Å². The number of hydrogen-bond donors (Lipinski definition) is 2.